The summed E-state index contributed by atoms with van der Waals surface area (Å²) in [7, 11) is 0. The molecule has 0 aromatic heterocycles. The van der Waals surface area contributed by atoms with Crippen LogP contribution in [0.4, 0.5) is 30.7 Å². The molecule has 0 spiro atoms. The SMILES string of the molecule is O=C(O)C1(CC2(OCCc3cc(C(F)(F)F)cc(C(F)(F)F)c3)CCCC2c2ccc(F)cc2)CNC1. The van der Waals surface area contributed by atoms with Crippen LogP contribution >= 0.6 is 0 Å². The first-order valence-electron chi connectivity index (χ1n) is 11.9. The Morgan fingerprint density at radius 3 is 2.08 bits per heavy atom. The van der Waals surface area contributed by atoms with Crippen molar-refractivity contribution in [1.29, 1.82) is 0 Å². The Morgan fingerprint density at radius 1 is 1.00 bits per heavy atom. The summed E-state index contributed by atoms with van der Waals surface area (Å²) in [6.45, 7) is 0.220. The molecular formula is C26H26F7NO3. The van der Waals surface area contributed by atoms with Crippen molar-refractivity contribution >= 4 is 5.97 Å². The van der Waals surface area contributed by atoms with E-state index in [2.05, 4.69) is 5.32 Å². The van der Waals surface area contributed by atoms with E-state index in [1.165, 1.54) is 12.1 Å². The molecule has 2 aliphatic rings. The number of carbonyl (C=O) groups is 1. The van der Waals surface area contributed by atoms with Crippen molar-refractivity contribution in [2.45, 2.75) is 56.0 Å². The van der Waals surface area contributed by atoms with Crippen LogP contribution in [0.2, 0.25) is 0 Å². The minimum Gasteiger partial charge on any atom is -0.481 e. The third-order valence-electron chi connectivity index (χ3n) is 7.45. The topological polar surface area (TPSA) is 58.6 Å². The van der Waals surface area contributed by atoms with Gasteiger partial charge in [0.2, 0.25) is 0 Å². The Labute approximate surface area is 208 Å². The second-order valence-electron chi connectivity index (χ2n) is 9.94. The Balaban J connectivity index is 1.62. The summed E-state index contributed by atoms with van der Waals surface area (Å²) in [5, 5.41) is 12.9. The molecule has 11 heteroatoms. The Morgan fingerprint density at radius 2 is 1.59 bits per heavy atom. The minimum atomic E-state index is -4.96. The maximum absolute atomic E-state index is 13.6. The summed E-state index contributed by atoms with van der Waals surface area (Å²) in [5.41, 5.74) is -4.38. The largest absolute Gasteiger partial charge is 0.481 e. The molecular weight excluding hydrogens is 507 g/mol. The van der Waals surface area contributed by atoms with Crippen LogP contribution in [0.15, 0.2) is 42.5 Å². The van der Waals surface area contributed by atoms with Crippen LogP contribution in [-0.4, -0.2) is 36.4 Å². The van der Waals surface area contributed by atoms with Gasteiger partial charge in [-0.3, -0.25) is 4.79 Å². The van der Waals surface area contributed by atoms with E-state index < -0.39 is 46.3 Å². The van der Waals surface area contributed by atoms with Crippen LogP contribution < -0.4 is 5.32 Å². The average Bonchev–Trinajstić information content (AvgIpc) is 3.18. The van der Waals surface area contributed by atoms with Gasteiger partial charge in [-0.1, -0.05) is 12.1 Å². The van der Waals surface area contributed by atoms with Gasteiger partial charge in [0.1, 0.15) is 5.82 Å². The molecule has 1 aliphatic carbocycles. The fourth-order valence-electron chi connectivity index (χ4n) is 5.53. The molecule has 2 fully saturated rings. The van der Waals surface area contributed by atoms with Crippen molar-refractivity contribution in [2.24, 2.45) is 5.41 Å². The monoisotopic (exact) mass is 533 g/mol. The third kappa shape index (κ3) is 5.77. The van der Waals surface area contributed by atoms with Crippen LogP contribution in [0.25, 0.3) is 0 Å². The van der Waals surface area contributed by atoms with E-state index >= 15 is 0 Å². The Bertz CT molecular complexity index is 1090. The molecule has 1 heterocycles. The number of carboxylic acids is 1. The molecule has 202 valence electrons. The molecule has 2 N–H and O–H groups in total. The summed E-state index contributed by atoms with van der Waals surface area (Å²) in [6.07, 6.45) is -8.28. The summed E-state index contributed by atoms with van der Waals surface area (Å²) < 4.78 is 99.3. The molecule has 37 heavy (non-hydrogen) atoms. The molecule has 2 unspecified atom stereocenters. The number of ether oxygens (including phenoxy) is 1. The van der Waals surface area contributed by atoms with Gasteiger partial charge in [0.25, 0.3) is 0 Å². The second kappa shape index (κ2) is 9.90. The predicted octanol–water partition coefficient (Wildman–Crippen LogP) is 6.19. The number of carboxylic acid groups (broad SMARTS) is 1. The van der Waals surface area contributed by atoms with Gasteiger partial charge >= 0.3 is 18.3 Å². The van der Waals surface area contributed by atoms with Gasteiger partial charge in [0.05, 0.1) is 28.7 Å². The van der Waals surface area contributed by atoms with Gasteiger partial charge < -0.3 is 15.2 Å². The lowest BCUT2D eigenvalue weighted by Gasteiger charge is -2.47. The van der Waals surface area contributed by atoms with Crippen molar-refractivity contribution in [1.82, 2.24) is 5.32 Å². The molecule has 4 rings (SSSR count). The van der Waals surface area contributed by atoms with Crippen LogP contribution in [0.3, 0.4) is 0 Å². The van der Waals surface area contributed by atoms with Crippen molar-refractivity contribution in [3.05, 3.63) is 70.5 Å². The van der Waals surface area contributed by atoms with Gasteiger partial charge in [-0.25, -0.2) is 4.39 Å². The van der Waals surface area contributed by atoms with Crippen molar-refractivity contribution in [3.8, 4) is 0 Å². The number of benzene rings is 2. The highest BCUT2D eigenvalue weighted by atomic mass is 19.4. The lowest BCUT2D eigenvalue weighted by atomic mass is 9.68. The van der Waals surface area contributed by atoms with E-state index in [0.717, 1.165) is 5.56 Å². The number of aliphatic carboxylic acids is 1. The first-order valence-corrected chi connectivity index (χ1v) is 11.9. The number of hydrogen-bond acceptors (Lipinski definition) is 3. The number of halogens is 7. The smallest absolute Gasteiger partial charge is 0.416 e. The normalized spacial score (nSPS) is 23.6. The van der Waals surface area contributed by atoms with E-state index in [-0.39, 0.29) is 50.1 Å². The van der Waals surface area contributed by atoms with E-state index in [0.29, 0.717) is 31.4 Å². The van der Waals surface area contributed by atoms with Crippen LogP contribution in [0.1, 0.15) is 53.9 Å². The second-order valence-corrected chi connectivity index (χ2v) is 9.94. The molecule has 4 nitrogen and oxygen atoms in total. The van der Waals surface area contributed by atoms with Gasteiger partial charge in [-0.15, -0.1) is 0 Å². The lowest BCUT2D eigenvalue weighted by molar-refractivity contribution is -0.161. The van der Waals surface area contributed by atoms with Gasteiger partial charge in [0.15, 0.2) is 0 Å². The minimum absolute atomic E-state index is 0.0770. The average molecular weight is 533 g/mol. The van der Waals surface area contributed by atoms with E-state index in [9.17, 15) is 40.6 Å². The van der Waals surface area contributed by atoms with E-state index in [1.807, 2.05) is 0 Å². The Kier molecular flexibility index (Phi) is 7.33. The first kappa shape index (κ1) is 27.4. The predicted molar refractivity (Wildman–Crippen MR) is 119 cm³/mol. The van der Waals surface area contributed by atoms with Crippen LogP contribution in [-0.2, 0) is 28.3 Å². The summed E-state index contributed by atoms with van der Waals surface area (Å²) in [6, 6.07) is 7.19. The fourth-order valence-corrected chi connectivity index (χ4v) is 5.53. The summed E-state index contributed by atoms with van der Waals surface area (Å²) in [4.78, 5) is 12.1. The first-order chi connectivity index (χ1) is 17.2. The molecule has 2 atom stereocenters. The molecule has 1 aliphatic heterocycles. The van der Waals surface area contributed by atoms with Crippen molar-refractivity contribution < 1.29 is 45.4 Å². The third-order valence-corrected chi connectivity index (χ3v) is 7.45. The molecule has 2 aromatic rings. The summed E-state index contributed by atoms with van der Waals surface area (Å²) >= 11 is 0. The number of alkyl halides is 6. The zero-order chi connectivity index (χ0) is 27.1. The van der Waals surface area contributed by atoms with Crippen molar-refractivity contribution in [2.75, 3.05) is 19.7 Å². The molecule has 0 radical (unpaired) electrons. The summed E-state index contributed by atoms with van der Waals surface area (Å²) in [5.74, 6) is -1.76. The maximum atomic E-state index is 13.6. The number of hydrogen-bond donors (Lipinski definition) is 2. The van der Waals surface area contributed by atoms with E-state index in [4.69, 9.17) is 4.74 Å². The maximum Gasteiger partial charge on any atom is 0.416 e. The molecule has 1 saturated carbocycles. The van der Waals surface area contributed by atoms with Gasteiger partial charge in [-0.05, 0) is 73.6 Å². The highest BCUT2D eigenvalue weighted by Gasteiger charge is 2.55. The van der Waals surface area contributed by atoms with Crippen LogP contribution in [0, 0.1) is 11.2 Å². The van der Waals surface area contributed by atoms with E-state index in [1.54, 1.807) is 12.1 Å². The Hall–Kier alpha value is -2.66. The molecule has 1 saturated heterocycles. The lowest BCUT2D eigenvalue weighted by Crippen LogP contribution is -2.61. The highest BCUT2D eigenvalue weighted by molar-refractivity contribution is 5.76. The zero-order valence-electron chi connectivity index (χ0n) is 19.7. The molecule has 2 aromatic carbocycles. The zero-order valence-corrected chi connectivity index (χ0v) is 19.7. The fraction of sp³-hybridized carbons (Fsp3) is 0.500. The van der Waals surface area contributed by atoms with Gasteiger partial charge in [0, 0.05) is 19.0 Å². The number of rotatable bonds is 8. The molecule has 0 amide bonds. The van der Waals surface area contributed by atoms with Crippen LogP contribution in [0.5, 0.6) is 0 Å². The van der Waals surface area contributed by atoms with Crippen molar-refractivity contribution in [3.63, 3.8) is 0 Å². The molecule has 0 bridgehead atoms. The highest BCUT2D eigenvalue weighted by Crippen LogP contribution is 2.52. The van der Waals surface area contributed by atoms with Gasteiger partial charge in [-0.2, -0.15) is 26.3 Å². The quantitative estimate of drug-likeness (QED) is 0.397. The number of nitrogens with one attached hydrogen (secondary N) is 1. The standard InChI is InChI=1S/C26H26F7NO3/c27-20-5-3-17(4-6-20)21-2-1-8-24(21,13-23(22(35)36)14-34-15-23)37-9-7-16-10-18(25(28,29)30)12-19(11-16)26(31,32)33/h3-6,10-12,21,34H,1-2,7-9,13-15H2,(H,35,36).